The SMILES string of the molecule is CC[C@@H](CSCc1ccccc1)C(N)=O. The summed E-state index contributed by atoms with van der Waals surface area (Å²) >= 11 is 1.77. The van der Waals surface area contributed by atoms with Gasteiger partial charge < -0.3 is 5.73 Å². The zero-order valence-electron chi connectivity index (χ0n) is 8.98. The Hall–Kier alpha value is -0.960. The lowest BCUT2D eigenvalue weighted by Gasteiger charge is -2.09. The van der Waals surface area contributed by atoms with Crippen LogP contribution in [0.25, 0.3) is 0 Å². The van der Waals surface area contributed by atoms with E-state index in [-0.39, 0.29) is 11.8 Å². The molecule has 1 aromatic carbocycles. The summed E-state index contributed by atoms with van der Waals surface area (Å²) in [7, 11) is 0. The normalized spacial score (nSPS) is 12.3. The number of carbonyl (C=O) groups excluding carboxylic acids is 1. The smallest absolute Gasteiger partial charge is 0.221 e. The van der Waals surface area contributed by atoms with Crippen molar-refractivity contribution in [1.82, 2.24) is 0 Å². The number of carbonyl (C=O) groups is 1. The van der Waals surface area contributed by atoms with Crippen LogP contribution in [0.1, 0.15) is 18.9 Å². The Bertz CT molecular complexity index is 300. The number of nitrogens with two attached hydrogens (primary N) is 1. The Morgan fingerprint density at radius 3 is 2.60 bits per heavy atom. The van der Waals surface area contributed by atoms with E-state index in [4.69, 9.17) is 5.73 Å². The third kappa shape index (κ3) is 4.38. The summed E-state index contributed by atoms with van der Waals surface area (Å²) < 4.78 is 0. The van der Waals surface area contributed by atoms with E-state index in [2.05, 4.69) is 12.1 Å². The van der Waals surface area contributed by atoms with Gasteiger partial charge in [0.15, 0.2) is 0 Å². The molecule has 0 bridgehead atoms. The van der Waals surface area contributed by atoms with Gasteiger partial charge in [0.25, 0.3) is 0 Å². The molecule has 1 aromatic rings. The second kappa shape index (κ2) is 6.51. The number of amides is 1. The summed E-state index contributed by atoms with van der Waals surface area (Å²) in [6.07, 6.45) is 0.830. The lowest BCUT2D eigenvalue weighted by Crippen LogP contribution is -2.24. The van der Waals surface area contributed by atoms with Gasteiger partial charge >= 0.3 is 0 Å². The molecule has 1 amide bonds. The van der Waals surface area contributed by atoms with Gasteiger partial charge in [0, 0.05) is 17.4 Å². The van der Waals surface area contributed by atoms with E-state index in [1.54, 1.807) is 11.8 Å². The highest BCUT2D eigenvalue weighted by atomic mass is 32.2. The summed E-state index contributed by atoms with van der Waals surface area (Å²) in [6.45, 7) is 2.00. The fourth-order valence-electron chi connectivity index (χ4n) is 1.29. The molecule has 0 saturated carbocycles. The molecule has 3 heteroatoms. The van der Waals surface area contributed by atoms with E-state index in [0.29, 0.717) is 0 Å². The third-order valence-corrected chi connectivity index (χ3v) is 3.50. The van der Waals surface area contributed by atoms with Crippen molar-refractivity contribution in [2.24, 2.45) is 11.7 Å². The summed E-state index contributed by atoms with van der Waals surface area (Å²) in [5, 5.41) is 0. The van der Waals surface area contributed by atoms with E-state index in [1.165, 1.54) is 5.56 Å². The molecule has 0 aliphatic carbocycles. The Kier molecular flexibility index (Phi) is 5.26. The predicted octanol–water partition coefficient (Wildman–Crippen LogP) is 2.43. The molecule has 0 aliphatic rings. The maximum Gasteiger partial charge on any atom is 0.221 e. The van der Waals surface area contributed by atoms with Gasteiger partial charge in [0.2, 0.25) is 5.91 Å². The molecule has 1 atom stereocenters. The first-order chi connectivity index (χ1) is 7.24. The quantitative estimate of drug-likeness (QED) is 0.805. The van der Waals surface area contributed by atoms with Crippen LogP contribution in [0, 0.1) is 5.92 Å². The average molecular weight is 223 g/mol. The number of benzene rings is 1. The largest absolute Gasteiger partial charge is 0.369 e. The van der Waals surface area contributed by atoms with Crippen molar-refractivity contribution in [3.8, 4) is 0 Å². The van der Waals surface area contributed by atoms with Crippen molar-refractivity contribution in [3.63, 3.8) is 0 Å². The van der Waals surface area contributed by atoms with Gasteiger partial charge in [-0.05, 0) is 12.0 Å². The van der Waals surface area contributed by atoms with Gasteiger partial charge in [-0.2, -0.15) is 11.8 Å². The first-order valence-corrected chi connectivity index (χ1v) is 6.30. The van der Waals surface area contributed by atoms with Gasteiger partial charge in [-0.25, -0.2) is 0 Å². The molecule has 0 aromatic heterocycles. The Morgan fingerprint density at radius 2 is 2.07 bits per heavy atom. The zero-order valence-corrected chi connectivity index (χ0v) is 9.80. The molecular formula is C12H17NOS. The molecule has 2 nitrogen and oxygen atoms in total. The van der Waals surface area contributed by atoms with Gasteiger partial charge in [-0.15, -0.1) is 0 Å². The fourth-order valence-corrected chi connectivity index (χ4v) is 2.52. The molecular weight excluding hydrogens is 206 g/mol. The summed E-state index contributed by atoms with van der Waals surface area (Å²) in [6, 6.07) is 10.3. The van der Waals surface area contributed by atoms with Crippen LogP contribution in [0.15, 0.2) is 30.3 Å². The van der Waals surface area contributed by atoms with Crippen molar-refractivity contribution < 1.29 is 4.79 Å². The van der Waals surface area contributed by atoms with Crippen LogP contribution in [0.2, 0.25) is 0 Å². The van der Waals surface area contributed by atoms with Gasteiger partial charge in [0.1, 0.15) is 0 Å². The summed E-state index contributed by atoms with van der Waals surface area (Å²) in [5.74, 6) is 1.60. The second-order valence-electron chi connectivity index (χ2n) is 3.51. The monoisotopic (exact) mass is 223 g/mol. The number of primary amides is 1. The van der Waals surface area contributed by atoms with Crippen molar-refractivity contribution in [2.45, 2.75) is 19.1 Å². The number of hydrogen-bond acceptors (Lipinski definition) is 2. The average Bonchev–Trinajstić information content (AvgIpc) is 2.25. The Labute approximate surface area is 95.2 Å². The third-order valence-electron chi connectivity index (χ3n) is 2.33. The predicted molar refractivity (Wildman–Crippen MR) is 65.6 cm³/mol. The standard InChI is InChI=1S/C12H17NOS/c1-2-11(12(13)14)9-15-8-10-6-4-3-5-7-10/h3-7,11H,2,8-9H2,1H3,(H2,13,14)/t11-/m0/s1. The Balaban J connectivity index is 2.30. The minimum Gasteiger partial charge on any atom is -0.369 e. The number of hydrogen-bond donors (Lipinski definition) is 1. The molecule has 1 rings (SSSR count). The van der Waals surface area contributed by atoms with Crippen LogP contribution in [0.5, 0.6) is 0 Å². The molecule has 0 fully saturated rings. The number of thioether (sulfide) groups is 1. The molecule has 82 valence electrons. The molecule has 0 saturated heterocycles. The molecule has 15 heavy (non-hydrogen) atoms. The van der Waals surface area contributed by atoms with Gasteiger partial charge in [-0.1, -0.05) is 37.3 Å². The highest BCUT2D eigenvalue weighted by molar-refractivity contribution is 7.98. The van der Waals surface area contributed by atoms with Crippen LogP contribution < -0.4 is 5.73 Å². The second-order valence-corrected chi connectivity index (χ2v) is 4.54. The number of rotatable bonds is 6. The fraction of sp³-hybridized carbons (Fsp3) is 0.417. The van der Waals surface area contributed by atoms with Crippen molar-refractivity contribution in [1.29, 1.82) is 0 Å². The lowest BCUT2D eigenvalue weighted by atomic mass is 10.1. The highest BCUT2D eigenvalue weighted by Gasteiger charge is 2.12. The van der Waals surface area contributed by atoms with Gasteiger partial charge in [0.05, 0.1) is 0 Å². The van der Waals surface area contributed by atoms with Crippen LogP contribution in [-0.2, 0) is 10.5 Å². The van der Waals surface area contributed by atoms with Crippen molar-refractivity contribution in [2.75, 3.05) is 5.75 Å². The highest BCUT2D eigenvalue weighted by Crippen LogP contribution is 2.16. The lowest BCUT2D eigenvalue weighted by molar-refractivity contribution is -0.121. The van der Waals surface area contributed by atoms with Crippen LogP contribution in [-0.4, -0.2) is 11.7 Å². The van der Waals surface area contributed by atoms with E-state index in [9.17, 15) is 4.79 Å². The van der Waals surface area contributed by atoms with Crippen LogP contribution >= 0.6 is 11.8 Å². The Morgan fingerprint density at radius 1 is 1.40 bits per heavy atom. The summed E-state index contributed by atoms with van der Waals surface area (Å²) in [5.41, 5.74) is 6.57. The topological polar surface area (TPSA) is 43.1 Å². The summed E-state index contributed by atoms with van der Waals surface area (Å²) in [4.78, 5) is 11.0. The van der Waals surface area contributed by atoms with E-state index in [0.717, 1.165) is 17.9 Å². The maximum absolute atomic E-state index is 11.0. The van der Waals surface area contributed by atoms with Crippen LogP contribution in [0.3, 0.4) is 0 Å². The van der Waals surface area contributed by atoms with Crippen molar-refractivity contribution >= 4 is 17.7 Å². The molecule has 2 N–H and O–H groups in total. The molecule has 0 aliphatic heterocycles. The minimum absolute atomic E-state index is 0.0127. The van der Waals surface area contributed by atoms with Crippen molar-refractivity contribution in [3.05, 3.63) is 35.9 Å². The van der Waals surface area contributed by atoms with Crippen LogP contribution in [0.4, 0.5) is 0 Å². The molecule has 0 unspecified atom stereocenters. The molecule has 0 spiro atoms. The molecule has 0 radical (unpaired) electrons. The first kappa shape index (κ1) is 12.1. The first-order valence-electron chi connectivity index (χ1n) is 5.15. The van der Waals surface area contributed by atoms with E-state index in [1.807, 2.05) is 25.1 Å². The zero-order chi connectivity index (χ0) is 11.1. The molecule has 0 heterocycles. The van der Waals surface area contributed by atoms with E-state index >= 15 is 0 Å². The van der Waals surface area contributed by atoms with E-state index < -0.39 is 0 Å². The minimum atomic E-state index is -0.182. The van der Waals surface area contributed by atoms with Gasteiger partial charge in [-0.3, -0.25) is 4.79 Å². The maximum atomic E-state index is 11.0.